The third-order valence-electron chi connectivity index (χ3n) is 5.10. The molecular weight excluding hydrogens is 489 g/mol. The molecule has 0 bridgehead atoms. The maximum Gasteiger partial charge on any atom is 0.416 e. The number of carbonyl (C=O) groups is 2. The first-order valence-corrected chi connectivity index (χ1v) is 10.9. The summed E-state index contributed by atoms with van der Waals surface area (Å²) in [5.74, 6) is -4.22. The normalized spacial score (nSPS) is 12.3. The number of Topliss-reactive ketones (excluding diaryl/α,β-unsaturated/α-hetero) is 1. The van der Waals surface area contributed by atoms with Crippen LogP contribution in [0.25, 0.3) is 11.3 Å². The van der Waals surface area contributed by atoms with E-state index in [4.69, 9.17) is 13.9 Å². The molecule has 0 saturated carbocycles. The quantitative estimate of drug-likeness (QED) is 0.183. The maximum atomic E-state index is 14.8. The van der Waals surface area contributed by atoms with E-state index in [-0.39, 0.29) is 23.8 Å². The Morgan fingerprint density at radius 1 is 1.08 bits per heavy atom. The van der Waals surface area contributed by atoms with Gasteiger partial charge in [-0.1, -0.05) is 19.1 Å². The first kappa shape index (κ1) is 26.8. The molecule has 1 unspecified atom stereocenters. The minimum absolute atomic E-state index is 0.105. The Bertz CT molecular complexity index is 1250. The highest BCUT2D eigenvalue weighted by atomic mass is 19.4. The zero-order valence-electron chi connectivity index (χ0n) is 19.5. The van der Waals surface area contributed by atoms with E-state index in [1.165, 1.54) is 19.1 Å². The van der Waals surface area contributed by atoms with Crippen molar-refractivity contribution in [1.29, 1.82) is 0 Å². The lowest BCUT2D eigenvalue weighted by Gasteiger charge is -2.17. The number of oxazole rings is 1. The predicted octanol–water partition coefficient (Wildman–Crippen LogP) is 6.61. The number of nitrogens with zero attached hydrogens (tertiary/aromatic N) is 1. The molecule has 1 aromatic heterocycles. The number of alkyl halides is 3. The molecule has 0 amide bonds. The van der Waals surface area contributed by atoms with Gasteiger partial charge in [0, 0.05) is 12.0 Å². The third-order valence-corrected chi connectivity index (χ3v) is 5.10. The van der Waals surface area contributed by atoms with Crippen molar-refractivity contribution in [2.24, 2.45) is 0 Å². The lowest BCUT2D eigenvalue weighted by Crippen LogP contribution is -2.19. The molecule has 11 heteroatoms. The molecule has 6 nitrogen and oxygen atoms in total. The summed E-state index contributed by atoms with van der Waals surface area (Å²) in [4.78, 5) is 27.8. The van der Waals surface area contributed by atoms with Crippen LogP contribution in [0.1, 0.15) is 60.4 Å². The molecule has 0 aliphatic heterocycles. The van der Waals surface area contributed by atoms with Gasteiger partial charge in [0.05, 0.1) is 11.1 Å². The number of ether oxygens (including phenoxy) is 2. The zero-order chi connectivity index (χ0) is 26.6. The Balaban J connectivity index is 1.97. The fourth-order valence-electron chi connectivity index (χ4n) is 3.34. The van der Waals surface area contributed by atoms with Gasteiger partial charge in [0.25, 0.3) is 0 Å². The van der Waals surface area contributed by atoms with Crippen molar-refractivity contribution in [2.75, 3.05) is 6.61 Å². The van der Waals surface area contributed by atoms with Crippen molar-refractivity contribution < 1.29 is 45.4 Å². The van der Waals surface area contributed by atoms with Crippen LogP contribution in [-0.2, 0) is 15.7 Å². The number of aromatic nitrogens is 1. The fraction of sp³-hybridized carbons (Fsp3) is 0.320. The molecule has 192 valence electrons. The van der Waals surface area contributed by atoms with Crippen molar-refractivity contribution in [3.05, 3.63) is 70.8 Å². The van der Waals surface area contributed by atoms with Gasteiger partial charge in [-0.25, -0.2) is 13.8 Å². The van der Waals surface area contributed by atoms with E-state index in [9.17, 15) is 31.5 Å². The highest BCUT2D eigenvalue weighted by Crippen LogP contribution is 2.34. The van der Waals surface area contributed by atoms with Crippen LogP contribution in [0.15, 0.2) is 40.8 Å². The van der Waals surface area contributed by atoms with Crippen LogP contribution >= 0.6 is 0 Å². The van der Waals surface area contributed by atoms with E-state index in [0.29, 0.717) is 12.0 Å². The molecule has 0 spiro atoms. The number of benzene rings is 2. The van der Waals surface area contributed by atoms with Crippen molar-refractivity contribution >= 4 is 11.8 Å². The van der Waals surface area contributed by atoms with Crippen LogP contribution in [0.2, 0.25) is 0 Å². The van der Waals surface area contributed by atoms with Crippen LogP contribution in [0, 0.1) is 18.6 Å². The Hall–Kier alpha value is -3.76. The number of halogens is 5. The molecule has 1 heterocycles. The molecule has 3 aromatic rings. The van der Waals surface area contributed by atoms with E-state index >= 15 is 0 Å². The third kappa shape index (κ3) is 6.07. The maximum absolute atomic E-state index is 14.8. The van der Waals surface area contributed by atoms with Gasteiger partial charge in [0.15, 0.2) is 17.3 Å². The number of hydrogen-bond acceptors (Lipinski definition) is 6. The molecule has 3 rings (SSSR count). The molecule has 0 N–H and O–H groups in total. The van der Waals surface area contributed by atoms with Gasteiger partial charge in [-0.2, -0.15) is 13.2 Å². The first-order valence-electron chi connectivity index (χ1n) is 10.9. The Morgan fingerprint density at radius 2 is 1.75 bits per heavy atom. The molecule has 0 fully saturated rings. The second-order valence-electron chi connectivity index (χ2n) is 7.86. The standard InChI is InChI=1S/C25H22F5NO5/c1-4-5-20(33)34-12-19(36-18-11-10-17(26)21(13(2)32)22(18)27)24-31-23(14(3)35-24)15-6-8-16(9-7-15)25(28,29)30/h6-11,19H,4-5,12H2,1-3H3. The Labute approximate surface area is 203 Å². The Morgan fingerprint density at radius 3 is 2.33 bits per heavy atom. The summed E-state index contributed by atoms with van der Waals surface area (Å²) in [6.45, 7) is 3.80. The average Bonchev–Trinajstić information content (AvgIpc) is 3.19. The molecule has 0 aliphatic carbocycles. The lowest BCUT2D eigenvalue weighted by molar-refractivity contribution is -0.146. The smallest absolute Gasteiger partial charge is 0.416 e. The van der Waals surface area contributed by atoms with E-state index in [0.717, 1.165) is 31.2 Å². The predicted molar refractivity (Wildman–Crippen MR) is 117 cm³/mol. The summed E-state index contributed by atoms with van der Waals surface area (Å²) in [6, 6.07) is 6.02. The number of ketones is 1. The number of rotatable bonds is 9. The summed E-state index contributed by atoms with van der Waals surface area (Å²) >= 11 is 0. The summed E-state index contributed by atoms with van der Waals surface area (Å²) in [6.07, 6.45) is -5.21. The van der Waals surface area contributed by atoms with Gasteiger partial charge in [-0.05, 0) is 44.5 Å². The van der Waals surface area contributed by atoms with Crippen LogP contribution in [0.4, 0.5) is 22.0 Å². The number of hydrogen-bond donors (Lipinski definition) is 0. The fourth-order valence-corrected chi connectivity index (χ4v) is 3.34. The summed E-state index contributed by atoms with van der Waals surface area (Å²) in [5.41, 5.74) is -1.15. The second kappa shape index (κ2) is 10.9. The average molecular weight is 511 g/mol. The topological polar surface area (TPSA) is 78.6 Å². The minimum Gasteiger partial charge on any atom is -0.474 e. The molecule has 0 saturated heterocycles. The van der Waals surface area contributed by atoms with E-state index in [2.05, 4.69) is 4.98 Å². The van der Waals surface area contributed by atoms with Crippen LogP contribution in [0.3, 0.4) is 0 Å². The first-order chi connectivity index (χ1) is 16.9. The van der Waals surface area contributed by atoms with Gasteiger partial charge in [0.1, 0.15) is 23.9 Å². The SMILES string of the molecule is CCCC(=O)OCC(Oc1ccc(F)c(C(C)=O)c1F)c1nc(-c2ccc(C(F)(F)F)cc2)c(C)o1. The van der Waals surface area contributed by atoms with Gasteiger partial charge in [0.2, 0.25) is 12.0 Å². The summed E-state index contributed by atoms with van der Waals surface area (Å²) in [7, 11) is 0. The van der Waals surface area contributed by atoms with Crippen molar-refractivity contribution in [1.82, 2.24) is 4.98 Å². The monoisotopic (exact) mass is 511 g/mol. The van der Waals surface area contributed by atoms with Crippen molar-refractivity contribution in [3.63, 3.8) is 0 Å². The molecule has 1 atom stereocenters. The summed E-state index contributed by atoms with van der Waals surface area (Å²) in [5, 5.41) is 0. The van der Waals surface area contributed by atoms with Crippen LogP contribution in [0.5, 0.6) is 5.75 Å². The molecule has 2 aromatic carbocycles. The van der Waals surface area contributed by atoms with E-state index in [1.54, 1.807) is 6.92 Å². The largest absolute Gasteiger partial charge is 0.474 e. The highest BCUT2D eigenvalue weighted by molar-refractivity contribution is 5.95. The number of aryl methyl sites for hydroxylation is 1. The van der Waals surface area contributed by atoms with Gasteiger partial charge in [-0.15, -0.1) is 0 Å². The molecule has 0 aliphatic rings. The summed E-state index contributed by atoms with van der Waals surface area (Å²) < 4.78 is 83.8. The van der Waals surface area contributed by atoms with Gasteiger partial charge in [-0.3, -0.25) is 9.59 Å². The van der Waals surface area contributed by atoms with Gasteiger partial charge >= 0.3 is 12.1 Å². The van der Waals surface area contributed by atoms with Crippen molar-refractivity contribution in [2.45, 2.75) is 45.9 Å². The lowest BCUT2D eigenvalue weighted by atomic mass is 10.1. The zero-order valence-corrected chi connectivity index (χ0v) is 19.5. The highest BCUT2D eigenvalue weighted by Gasteiger charge is 2.31. The Kier molecular flexibility index (Phi) is 8.11. The number of carbonyl (C=O) groups excluding carboxylic acids is 2. The van der Waals surface area contributed by atoms with Gasteiger partial charge < -0.3 is 13.9 Å². The van der Waals surface area contributed by atoms with Crippen molar-refractivity contribution in [3.8, 4) is 17.0 Å². The van der Waals surface area contributed by atoms with E-state index in [1.807, 2.05) is 0 Å². The van der Waals surface area contributed by atoms with E-state index < -0.39 is 59.2 Å². The molecular formula is C25H22F5NO5. The molecule has 36 heavy (non-hydrogen) atoms. The minimum atomic E-state index is -4.51. The molecule has 0 radical (unpaired) electrons. The van der Waals surface area contributed by atoms with Crippen LogP contribution < -0.4 is 4.74 Å². The second-order valence-corrected chi connectivity index (χ2v) is 7.86. The van der Waals surface area contributed by atoms with Crippen LogP contribution in [-0.4, -0.2) is 23.3 Å². The number of esters is 1.